The number of ether oxygens (including phenoxy) is 1. The summed E-state index contributed by atoms with van der Waals surface area (Å²) in [5.41, 5.74) is 2.80. The van der Waals surface area contributed by atoms with E-state index in [1.165, 1.54) is 37.8 Å². The minimum Gasteiger partial charge on any atom is -0.494 e. The summed E-state index contributed by atoms with van der Waals surface area (Å²) in [5.74, 6) is -0.473. The number of hydrogen-bond donors (Lipinski definition) is 1. The van der Waals surface area contributed by atoms with Gasteiger partial charge in [0.2, 0.25) is 0 Å². The number of carboxylic acid groups (broad SMARTS) is 1. The van der Waals surface area contributed by atoms with Gasteiger partial charge in [-0.05, 0) is 47.9 Å². The molecule has 4 heteroatoms. The van der Waals surface area contributed by atoms with Crippen molar-refractivity contribution in [3.8, 4) is 16.9 Å². The molecule has 0 aliphatic heterocycles. The molecule has 0 radical (unpaired) electrons. The molecule has 2 aromatic rings. The van der Waals surface area contributed by atoms with Gasteiger partial charge in [-0.1, -0.05) is 45.1 Å². The maximum absolute atomic E-state index is 12.6. The number of hydrogen-bond acceptors (Lipinski definition) is 3. The Kier molecular flexibility index (Phi) is 5.71. The minimum absolute atomic E-state index is 0.129. The summed E-state index contributed by atoms with van der Waals surface area (Å²) in [6.45, 7) is 2.86. The lowest BCUT2D eigenvalue weighted by molar-refractivity contribution is 0.0697. The number of unbranched alkanes of at least 4 members (excludes halogenated alkanes) is 5. The van der Waals surface area contributed by atoms with Crippen LogP contribution in [-0.2, 0) is 0 Å². The van der Waals surface area contributed by atoms with E-state index in [1.54, 1.807) is 12.1 Å². The van der Waals surface area contributed by atoms with Crippen LogP contribution in [0, 0.1) is 0 Å². The smallest absolute Gasteiger partial charge is 0.335 e. The lowest BCUT2D eigenvalue weighted by Gasteiger charge is -2.08. The molecule has 0 bridgehead atoms. The Balaban J connectivity index is 1.64. The summed E-state index contributed by atoms with van der Waals surface area (Å²) >= 11 is 0. The third-order valence-electron chi connectivity index (χ3n) is 4.80. The number of ketones is 1. The van der Waals surface area contributed by atoms with Crippen LogP contribution >= 0.6 is 0 Å². The number of aromatic carboxylic acids is 1. The van der Waals surface area contributed by atoms with Crippen LogP contribution < -0.4 is 4.74 Å². The standard InChI is InChI=1S/C22H24O4/c1-2-3-4-5-6-7-12-26-16-9-11-18-17-10-8-15(22(24)25)13-19(17)21(23)20(18)14-16/h8-11,13-14H,2-7,12H2,1H3,(H,24,25). The molecule has 0 amide bonds. The second kappa shape index (κ2) is 8.17. The maximum Gasteiger partial charge on any atom is 0.335 e. The summed E-state index contributed by atoms with van der Waals surface area (Å²) in [6.07, 6.45) is 7.22. The van der Waals surface area contributed by atoms with Crippen molar-refractivity contribution < 1.29 is 19.4 Å². The van der Waals surface area contributed by atoms with Gasteiger partial charge in [0, 0.05) is 11.1 Å². The number of rotatable bonds is 9. The van der Waals surface area contributed by atoms with Gasteiger partial charge < -0.3 is 9.84 Å². The zero-order chi connectivity index (χ0) is 18.5. The fraction of sp³-hybridized carbons (Fsp3) is 0.364. The largest absolute Gasteiger partial charge is 0.494 e. The second-order valence-corrected chi connectivity index (χ2v) is 6.72. The zero-order valence-electron chi connectivity index (χ0n) is 15.1. The van der Waals surface area contributed by atoms with Gasteiger partial charge in [0.1, 0.15) is 5.75 Å². The topological polar surface area (TPSA) is 63.6 Å². The summed E-state index contributed by atoms with van der Waals surface area (Å²) in [7, 11) is 0. The Labute approximate surface area is 153 Å². The molecule has 4 nitrogen and oxygen atoms in total. The molecule has 0 saturated carbocycles. The van der Waals surface area contributed by atoms with Gasteiger partial charge in [-0.15, -0.1) is 0 Å². The van der Waals surface area contributed by atoms with E-state index in [0.717, 1.165) is 24.0 Å². The Hall–Kier alpha value is -2.62. The van der Waals surface area contributed by atoms with Gasteiger partial charge in [0.15, 0.2) is 5.78 Å². The summed E-state index contributed by atoms with van der Waals surface area (Å²) < 4.78 is 5.80. The Morgan fingerprint density at radius 3 is 2.27 bits per heavy atom. The first kappa shape index (κ1) is 18.2. The van der Waals surface area contributed by atoms with Crippen molar-refractivity contribution in [2.45, 2.75) is 45.4 Å². The van der Waals surface area contributed by atoms with E-state index in [4.69, 9.17) is 9.84 Å². The molecule has 2 aromatic carbocycles. The molecule has 3 rings (SSSR count). The van der Waals surface area contributed by atoms with Crippen molar-refractivity contribution in [1.29, 1.82) is 0 Å². The highest BCUT2D eigenvalue weighted by Gasteiger charge is 2.28. The van der Waals surface area contributed by atoms with E-state index >= 15 is 0 Å². The van der Waals surface area contributed by atoms with Crippen LogP contribution in [0.15, 0.2) is 36.4 Å². The summed E-state index contributed by atoms with van der Waals surface area (Å²) in [5, 5.41) is 9.12. The first-order chi connectivity index (χ1) is 12.6. The zero-order valence-corrected chi connectivity index (χ0v) is 15.1. The second-order valence-electron chi connectivity index (χ2n) is 6.72. The van der Waals surface area contributed by atoms with Crippen molar-refractivity contribution in [1.82, 2.24) is 0 Å². The van der Waals surface area contributed by atoms with Gasteiger partial charge in [0.25, 0.3) is 0 Å². The number of carbonyl (C=O) groups is 2. The van der Waals surface area contributed by atoms with Gasteiger partial charge in [-0.2, -0.15) is 0 Å². The van der Waals surface area contributed by atoms with Crippen LogP contribution in [0.2, 0.25) is 0 Å². The number of carbonyl (C=O) groups excluding carboxylic acids is 1. The fourth-order valence-corrected chi connectivity index (χ4v) is 3.35. The molecule has 0 aromatic heterocycles. The maximum atomic E-state index is 12.6. The molecular formula is C22H24O4. The predicted octanol–water partition coefficient (Wildman–Crippen LogP) is 5.34. The predicted molar refractivity (Wildman–Crippen MR) is 101 cm³/mol. The van der Waals surface area contributed by atoms with Gasteiger partial charge in [0.05, 0.1) is 12.2 Å². The fourth-order valence-electron chi connectivity index (χ4n) is 3.35. The van der Waals surface area contributed by atoms with Crippen LogP contribution in [0.25, 0.3) is 11.1 Å². The van der Waals surface area contributed by atoms with Crippen molar-refractivity contribution >= 4 is 11.8 Å². The van der Waals surface area contributed by atoms with E-state index in [2.05, 4.69) is 6.92 Å². The average molecular weight is 352 g/mol. The number of fused-ring (bicyclic) bond motifs is 3. The molecule has 0 heterocycles. The van der Waals surface area contributed by atoms with Crippen LogP contribution in [0.5, 0.6) is 5.75 Å². The molecule has 0 saturated heterocycles. The van der Waals surface area contributed by atoms with Gasteiger partial charge in [-0.3, -0.25) is 4.79 Å². The Bertz CT molecular complexity index is 823. The number of carboxylic acids is 1. The first-order valence-corrected chi connectivity index (χ1v) is 9.31. The molecule has 1 aliphatic rings. The third-order valence-corrected chi connectivity index (χ3v) is 4.80. The van der Waals surface area contributed by atoms with E-state index < -0.39 is 5.97 Å². The quantitative estimate of drug-likeness (QED) is 0.528. The molecule has 0 fully saturated rings. The van der Waals surface area contributed by atoms with E-state index in [1.807, 2.05) is 12.1 Å². The third kappa shape index (κ3) is 3.79. The molecule has 0 unspecified atom stereocenters. The van der Waals surface area contributed by atoms with Crippen LogP contribution in [0.3, 0.4) is 0 Å². The van der Waals surface area contributed by atoms with Crippen molar-refractivity contribution in [2.75, 3.05) is 6.61 Å². The van der Waals surface area contributed by atoms with Crippen LogP contribution in [0.4, 0.5) is 0 Å². The van der Waals surface area contributed by atoms with Crippen molar-refractivity contribution in [3.63, 3.8) is 0 Å². The molecular weight excluding hydrogens is 328 g/mol. The molecule has 0 atom stereocenters. The van der Waals surface area contributed by atoms with Gasteiger partial charge >= 0.3 is 5.97 Å². The molecule has 0 spiro atoms. The molecule has 1 N–H and O–H groups in total. The SMILES string of the molecule is CCCCCCCCOc1ccc2c(c1)C(=O)c1cc(C(=O)O)ccc1-2. The van der Waals surface area contributed by atoms with Crippen LogP contribution in [-0.4, -0.2) is 23.5 Å². The lowest BCUT2D eigenvalue weighted by atomic mass is 10.0. The molecule has 26 heavy (non-hydrogen) atoms. The molecule has 1 aliphatic carbocycles. The minimum atomic E-state index is -1.03. The highest BCUT2D eigenvalue weighted by molar-refractivity contribution is 6.22. The monoisotopic (exact) mass is 352 g/mol. The van der Waals surface area contributed by atoms with E-state index in [-0.39, 0.29) is 11.3 Å². The van der Waals surface area contributed by atoms with E-state index in [0.29, 0.717) is 23.5 Å². The normalized spacial score (nSPS) is 12.0. The Morgan fingerprint density at radius 2 is 1.54 bits per heavy atom. The lowest BCUT2D eigenvalue weighted by Crippen LogP contribution is -2.01. The summed E-state index contributed by atoms with van der Waals surface area (Å²) in [6, 6.07) is 10.2. The van der Waals surface area contributed by atoms with Crippen LogP contribution in [0.1, 0.15) is 71.7 Å². The van der Waals surface area contributed by atoms with Crippen molar-refractivity contribution in [3.05, 3.63) is 53.1 Å². The van der Waals surface area contributed by atoms with Crippen molar-refractivity contribution in [2.24, 2.45) is 0 Å². The highest BCUT2D eigenvalue weighted by atomic mass is 16.5. The molecule has 136 valence electrons. The van der Waals surface area contributed by atoms with E-state index in [9.17, 15) is 9.59 Å². The van der Waals surface area contributed by atoms with Gasteiger partial charge in [-0.25, -0.2) is 4.79 Å². The highest BCUT2D eigenvalue weighted by Crippen LogP contribution is 2.38. The number of benzene rings is 2. The summed E-state index contributed by atoms with van der Waals surface area (Å²) in [4.78, 5) is 23.8. The average Bonchev–Trinajstić information content (AvgIpc) is 2.92. The first-order valence-electron chi connectivity index (χ1n) is 9.31. The Morgan fingerprint density at radius 1 is 0.885 bits per heavy atom.